The molecule has 0 bridgehead atoms. The molecule has 1 saturated carbocycles. The van der Waals surface area contributed by atoms with Crippen LogP contribution in [0.15, 0.2) is 48.8 Å². The van der Waals surface area contributed by atoms with Crippen molar-refractivity contribution in [3.63, 3.8) is 0 Å². The summed E-state index contributed by atoms with van der Waals surface area (Å²) in [6.45, 7) is 0.249. The van der Waals surface area contributed by atoms with E-state index in [0.717, 1.165) is 54.0 Å². The van der Waals surface area contributed by atoms with Gasteiger partial charge in [-0.3, -0.25) is 4.79 Å². The first-order valence-corrected chi connectivity index (χ1v) is 9.75. The number of benzene rings is 2. The summed E-state index contributed by atoms with van der Waals surface area (Å²) in [5.74, 6) is 1.52. The van der Waals surface area contributed by atoms with Gasteiger partial charge in [-0.25, -0.2) is 4.68 Å². The normalized spacial score (nSPS) is 16.7. The van der Waals surface area contributed by atoms with E-state index in [0.29, 0.717) is 6.42 Å². The Balaban J connectivity index is 1.31. The predicted octanol–water partition coefficient (Wildman–Crippen LogP) is 2.52. The lowest BCUT2D eigenvalue weighted by Gasteiger charge is -2.31. The van der Waals surface area contributed by atoms with E-state index in [1.54, 1.807) is 4.68 Å². The molecule has 2 aliphatic rings. The Morgan fingerprint density at radius 3 is 2.62 bits per heavy atom. The summed E-state index contributed by atoms with van der Waals surface area (Å²) < 4.78 is 12.5. The molecular formula is C21H21N5O3. The topological polar surface area (TPSA) is 91.2 Å². The lowest BCUT2D eigenvalue weighted by molar-refractivity contribution is -0.122. The van der Waals surface area contributed by atoms with Crippen molar-refractivity contribution in [2.45, 2.75) is 37.6 Å². The highest BCUT2D eigenvalue weighted by atomic mass is 16.7. The van der Waals surface area contributed by atoms with Crippen molar-refractivity contribution in [2.75, 3.05) is 6.79 Å². The van der Waals surface area contributed by atoms with E-state index in [2.05, 4.69) is 20.8 Å². The third kappa shape index (κ3) is 3.41. The Hall–Kier alpha value is -3.42. The molecule has 29 heavy (non-hydrogen) atoms. The zero-order valence-corrected chi connectivity index (χ0v) is 15.9. The Labute approximate surface area is 167 Å². The minimum atomic E-state index is -0.343. The SMILES string of the molecule is O=C(Cc1ccc(-n2cnnn2)cc1)NC1(c2ccc3c(c2)OCO3)CCCC1. The molecule has 8 heteroatoms. The summed E-state index contributed by atoms with van der Waals surface area (Å²) in [6, 6.07) is 13.7. The maximum atomic E-state index is 12.9. The Bertz CT molecular complexity index is 1010. The van der Waals surface area contributed by atoms with Crippen LogP contribution >= 0.6 is 0 Å². The Morgan fingerprint density at radius 1 is 1.07 bits per heavy atom. The number of carbonyl (C=O) groups excluding carboxylic acids is 1. The van der Waals surface area contributed by atoms with Crippen LogP contribution < -0.4 is 14.8 Å². The summed E-state index contributed by atoms with van der Waals surface area (Å²) in [6.07, 6.45) is 5.90. The minimum absolute atomic E-state index is 0.0136. The van der Waals surface area contributed by atoms with Crippen molar-refractivity contribution < 1.29 is 14.3 Å². The summed E-state index contributed by atoms with van der Waals surface area (Å²) in [7, 11) is 0. The van der Waals surface area contributed by atoms with Crippen LogP contribution in [0, 0.1) is 0 Å². The second kappa shape index (κ2) is 7.20. The van der Waals surface area contributed by atoms with Gasteiger partial charge in [0.1, 0.15) is 6.33 Å². The van der Waals surface area contributed by atoms with Gasteiger partial charge in [-0.2, -0.15) is 0 Å². The van der Waals surface area contributed by atoms with Crippen LogP contribution in [0.5, 0.6) is 11.5 Å². The maximum Gasteiger partial charge on any atom is 0.231 e. The van der Waals surface area contributed by atoms with Gasteiger partial charge in [0.15, 0.2) is 11.5 Å². The van der Waals surface area contributed by atoms with E-state index < -0.39 is 0 Å². The molecule has 0 spiro atoms. The highest BCUT2D eigenvalue weighted by Gasteiger charge is 2.37. The molecule has 0 radical (unpaired) electrons. The van der Waals surface area contributed by atoms with Crippen LogP contribution in [0.2, 0.25) is 0 Å². The van der Waals surface area contributed by atoms with Gasteiger partial charge in [-0.05, 0) is 58.7 Å². The van der Waals surface area contributed by atoms with E-state index in [9.17, 15) is 4.79 Å². The van der Waals surface area contributed by atoms with Crippen molar-refractivity contribution in [3.8, 4) is 17.2 Å². The van der Waals surface area contributed by atoms with Crippen molar-refractivity contribution in [1.82, 2.24) is 25.5 Å². The zero-order valence-electron chi connectivity index (χ0n) is 15.9. The number of fused-ring (bicyclic) bond motifs is 1. The number of amides is 1. The van der Waals surface area contributed by atoms with Gasteiger partial charge in [0.05, 0.1) is 17.6 Å². The molecule has 148 valence electrons. The number of nitrogens with one attached hydrogen (secondary N) is 1. The standard InChI is InChI=1S/C21H21N5O3/c27-20(11-15-3-6-17(7-4-15)26-13-22-24-25-26)23-21(9-1-2-10-21)16-5-8-18-19(12-16)29-14-28-18/h3-8,12-13H,1-2,9-11,14H2,(H,23,27). The fourth-order valence-corrected chi connectivity index (χ4v) is 4.20. The molecule has 1 aliphatic carbocycles. The van der Waals surface area contributed by atoms with Gasteiger partial charge in [0.2, 0.25) is 12.7 Å². The number of nitrogens with zero attached hydrogens (tertiary/aromatic N) is 4. The van der Waals surface area contributed by atoms with Crippen LogP contribution in [-0.2, 0) is 16.8 Å². The molecule has 0 saturated heterocycles. The molecule has 1 amide bonds. The smallest absolute Gasteiger partial charge is 0.231 e. The summed E-state index contributed by atoms with van der Waals surface area (Å²) in [5, 5.41) is 14.5. The largest absolute Gasteiger partial charge is 0.454 e. The number of hydrogen-bond donors (Lipinski definition) is 1. The number of tetrazole rings is 1. The summed E-state index contributed by atoms with van der Waals surface area (Å²) in [4.78, 5) is 12.9. The number of rotatable bonds is 5. The average Bonchev–Trinajstić information content (AvgIpc) is 3.50. The van der Waals surface area contributed by atoms with E-state index in [1.807, 2.05) is 42.5 Å². The van der Waals surface area contributed by atoms with Crippen molar-refractivity contribution in [3.05, 3.63) is 59.9 Å². The fourth-order valence-electron chi connectivity index (χ4n) is 4.20. The lowest BCUT2D eigenvalue weighted by atomic mass is 9.87. The van der Waals surface area contributed by atoms with Crippen LogP contribution in [0.4, 0.5) is 0 Å². The molecule has 2 heterocycles. The second-order valence-corrected chi connectivity index (χ2v) is 7.50. The highest BCUT2D eigenvalue weighted by molar-refractivity contribution is 5.79. The number of hydrogen-bond acceptors (Lipinski definition) is 6. The predicted molar refractivity (Wildman–Crippen MR) is 104 cm³/mol. The molecule has 1 N–H and O–H groups in total. The van der Waals surface area contributed by atoms with Crippen molar-refractivity contribution >= 4 is 5.91 Å². The molecule has 8 nitrogen and oxygen atoms in total. The fraction of sp³-hybridized carbons (Fsp3) is 0.333. The van der Waals surface area contributed by atoms with E-state index in [1.165, 1.54) is 6.33 Å². The van der Waals surface area contributed by atoms with Crippen LogP contribution in [0.1, 0.15) is 36.8 Å². The van der Waals surface area contributed by atoms with E-state index >= 15 is 0 Å². The molecule has 0 unspecified atom stereocenters. The third-order valence-corrected chi connectivity index (χ3v) is 5.68. The summed E-state index contributed by atoms with van der Waals surface area (Å²) in [5.41, 5.74) is 2.54. The Morgan fingerprint density at radius 2 is 1.86 bits per heavy atom. The number of carbonyl (C=O) groups is 1. The van der Waals surface area contributed by atoms with Crippen LogP contribution in [-0.4, -0.2) is 32.9 Å². The Kier molecular flexibility index (Phi) is 4.38. The molecule has 1 fully saturated rings. The van der Waals surface area contributed by atoms with Gasteiger partial charge in [-0.15, -0.1) is 5.10 Å². The van der Waals surface area contributed by atoms with Crippen LogP contribution in [0.3, 0.4) is 0 Å². The summed E-state index contributed by atoms with van der Waals surface area (Å²) >= 11 is 0. The minimum Gasteiger partial charge on any atom is -0.454 e. The lowest BCUT2D eigenvalue weighted by Crippen LogP contribution is -2.44. The molecule has 0 atom stereocenters. The van der Waals surface area contributed by atoms with E-state index in [4.69, 9.17) is 9.47 Å². The first kappa shape index (κ1) is 17.7. The third-order valence-electron chi connectivity index (χ3n) is 5.68. The van der Waals surface area contributed by atoms with Gasteiger partial charge in [-0.1, -0.05) is 31.0 Å². The van der Waals surface area contributed by atoms with Crippen molar-refractivity contribution in [2.24, 2.45) is 0 Å². The number of ether oxygens (including phenoxy) is 2. The molecule has 1 aliphatic heterocycles. The molecule has 5 rings (SSSR count). The quantitative estimate of drug-likeness (QED) is 0.719. The zero-order chi connectivity index (χ0) is 19.7. The average molecular weight is 391 g/mol. The maximum absolute atomic E-state index is 12.9. The molecule has 3 aromatic rings. The van der Waals surface area contributed by atoms with Crippen molar-refractivity contribution in [1.29, 1.82) is 0 Å². The van der Waals surface area contributed by atoms with Gasteiger partial charge < -0.3 is 14.8 Å². The molecular weight excluding hydrogens is 370 g/mol. The molecule has 1 aromatic heterocycles. The van der Waals surface area contributed by atoms with Gasteiger partial charge >= 0.3 is 0 Å². The van der Waals surface area contributed by atoms with E-state index in [-0.39, 0.29) is 18.2 Å². The van der Waals surface area contributed by atoms with Gasteiger partial charge in [0.25, 0.3) is 0 Å². The molecule has 2 aromatic carbocycles. The monoisotopic (exact) mass is 391 g/mol. The second-order valence-electron chi connectivity index (χ2n) is 7.50. The number of aromatic nitrogens is 4. The van der Waals surface area contributed by atoms with Crippen LogP contribution in [0.25, 0.3) is 5.69 Å². The first-order valence-electron chi connectivity index (χ1n) is 9.75. The first-order chi connectivity index (χ1) is 14.2. The van der Waals surface area contributed by atoms with Gasteiger partial charge in [0, 0.05) is 0 Å². The highest BCUT2D eigenvalue weighted by Crippen LogP contribution is 2.43.